The van der Waals surface area contributed by atoms with Gasteiger partial charge < -0.3 is 14.6 Å². The number of hydrogen-bond donors (Lipinski definition) is 1. The Morgan fingerprint density at radius 1 is 0.500 bits per heavy atom. The molecule has 0 rings (SSSR count). The van der Waals surface area contributed by atoms with Crippen LogP contribution in [0, 0.1) is 0 Å². The number of esters is 2. The van der Waals surface area contributed by atoms with E-state index in [-0.39, 0.29) is 25.2 Å². The molecule has 276 valence electrons. The summed E-state index contributed by atoms with van der Waals surface area (Å²) >= 11 is 0. The number of rotatable bonds is 35. The fourth-order valence-corrected chi connectivity index (χ4v) is 5.34. The van der Waals surface area contributed by atoms with Crippen LogP contribution in [-0.4, -0.2) is 36.4 Å². The van der Waals surface area contributed by atoms with E-state index >= 15 is 0 Å². The Bertz CT molecular complexity index is 853. The number of unbranched alkanes of at least 4 members (excludes halogenated alkanes) is 17. The number of aliphatic hydroxyl groups excluding tert-OH is 1. The van der Waals surface area contributed by atoms with Crippen LogP contribution >= 0.6 is 0 Å². The molecule has 48 heavy (non-hydrogen) atoms. The van der Waals surface area contributed by atoms with E-state index in [1.807, 2.05) is 0 Å². The van der Waals surface area contributed by atoms with Crippen LogP contribution in [0.15, 0.2) is 60.8 Å². The van der Waals surface area contributed by atoms with Crippen molar-refractivity contribution in [3.05, 3.63) is 60.8 Å². The molecule has 0 radical (unpaired) electrons. The fourth-order valence-electron chi connectivity index (χ4n) is 5.34. The first-order valence-corrected chi connectivity index (χ1v) is 19.8. The van der Waals surface area contributed by atoms with Gasteiger partial charge in [0.05, 0.1) is 6.61 Å². The molecule has 5 heteroatoms. The molecular formula is C43H74O5. The van der Waals surface area contributed by atoms with Crippen LogP contribution in [0.25, 0.3) is 0 Å². The summed E-state index contributed by atoms with van der Waals surface area (Å²) in [5, 5.41) is 9.55. The topological polar surface area (TPSA) is 72.8 Å². The molecule has 0 aromatic carbocycles. The lowest BCUT2D eigenvalue weighted by molar-refractivity contribution is -0.161. The van der Waals surface area contributed by atoms with Gasteiger partial charge in [0.25, 0.3) is 0 Å². The number of ether oxygens (including phenoxy) is 2. The predicted molar refractivity (Wildman–Crippen MR) is 205 cm³/mol. The van der Waals surface area contributed by atoms with Crippen molar-refractivity contribution in [1.29, 1.82) is 0 Å². The Morgan fingerprint density at radius 2 is 0.896 bits per heavy atom. The first kappa shape index (κ1) is 45.6. The van der Waals surface area contributed by atoms with Crippen molar-refractivity contribution in [3.8, 4) is 0 Å². The lowest BCUT2D eigenvalue weighted by Crippen LogP contribution is -2.28. The zero-order valence-electron chi connectivity index (χ0n) is 31.2. The molecule has 0 aliphatic carbocycles. The molecule has 0 saturated heterocycles. The number of hydrogen-bond acceptors (Lipinski definition) is 5. The Morgan fingerprint density at radius 3 is 1.35 bits per heavy atom. The second kappa shape index (κ2) is 39.0. The third kappa shape index (κ3) is 36.4. The van der Waals surface area contributed by atoms with Crippen LogP contribution in [-0.2, 0) is 19.1 Å². The largest absolute Gasteiger partial charge is 0.462 e. The van der Waals surface area contributed by atoms with E-state index in [0.29, 0.717) is 12.8 Å². The predicted octanol–water partition coefficient (Wildman–Crippen LogP) is 12.4. The van der Waals surface area contributed by atoms with Crippen molar-refractivity contribution < 1.29 is 24.2 Å². The quantitative estimate of drug-likeness (QED) is 0.0413. The second-order valence-electron chi connectivity index (χ2n) is 13.0. The Hall–Kier alpha value is -2.40. The zero-order valence-corrected chi connectivity index (χ0v) is 31.2. The highest BCUT2D eigenvalue weighted by Crippen LogP contribution is 2.14. The summed E-state index contributed by atoms with van der Waals surface area (Å²) in [6, 6.07) is 0. The van der Waals surface area contributed by atoms with Crippen molar-refractivity contribution in [2.24, 2.45) is 0 Å². The standard InChI is InChI=1S/C43H74O5/c1-3-5-7-9-11-13-15-17-19-20-21-22-24-25-27-29-31-33-35-37-42(45)47-40-41(39-44)48-43(46)38-36-34-32-30-28-26-23-18-16-14-12-10-8-6-4-2/h5,7,11,13,17,19,21-22,25,27,41,44H,3-4,6,8-10,12,14-16,18,20,23-24,26,28-40H2,1-2H3. The molecule has 0 aliphatic rings. The highest BCUT2D eigenvalue weighted by Gasteiger charge is 2.16. The minimum atomic E-state index is -0.784. The molecule has 0 saturated carbocycles. The Balaban J connectivity index is 3.63. The summed E-state index contributed by atoms with van der Waals surface area (Å²) in [5.41, 5.74) is 0. The monoisotopic (exact) mass is 671 g/mol. The maximum Gasteiger partial charge on any atom is 0.306 e. The van der Waals surface area contributed by atoms with Gasteiger partial charge in [0, 0.05) is 12.8 Å². The average Bonchev–Trinajstić information content (AvgIpc) is 3.09. The summed E-state index contributed by atoms with van der Waals surface area (Å²) in [5.74, 6) is -0.628. The molecule has 0 amide bonds. The zero-order chi connectivity index (χ0) is 35.0. The highest BCUT2D eigenvalue weighted by molar-refractivity contribution is 5.70. The van der Waals surface area contributed by atoms with E-state index in [0.717, 1.165) is 77.0 Å². The first-order chi connectivity index (χ1) is 23.6. The minimum Gasteiger partial charge on any atom is -0.462 e. The lowest BCUT2D eigenvalue weighted by atomic mass is 10.0. The Kier molecular flexibility index (Phi) is 37.1. The molecule has 1 unspecified atom stereocenters. The van der Waals surface area contributed by atoms with E-state index in [2.05, 4.69) is 74.6 Å². The summed E-state index contributed by atoms with van der Waals surface area (Å²) in [6.45, 7) is 3.99. The van der Waals surface area contributed by atoms with Crippen LogP contribution < -0.4 is 0 Å². The van der Waals surface area contributed by atoms with Gasteiger partial charge in [0.2, 0.25) is 0 Å². The molecule has 1 N–H and O–H groups in total. The lowest BCUT2D eigenvalue weighted by Gasteiger charge is -2.15. The van der Waals surface area contributed by atoms with Gasteiger partial charge in [0.15, 0.2) is 6.10 Å². The van der Waals surface area contributed by atoms with Crippen molar-refractivity contribution >= 4 is 11.9 Å². The molecule has 5 nitrogen and oxygen atoms in total. The van der Waals surface area contributed by atoms with Gasteiger partial charge in [-0.1, -0.05) is 171 Å². The van der Waals surface area contributed by atoms with Gasteiger partial charge in [-0.2, -0.15) is 0 Å². The van der Waals surface area contributed by atoms with Gasteiger partial charge >= 0.3 is 11.9 Å². The van der Waals surface area contributed by atoms with Gasteiger partial charge in [-0.15, -0.1) is 0 Å². The van der Waals surface area contributed by atoms with Crippen LogP contribution in [0.3, 0.4) is 0 Å². The molecule has 0 aliphatic heterocycles. The molecular weight excluding hydrogens is 596 g/mol. The third-order valence-corrected chi connectivity index (χ3v) is 8.33. The molecule has 0 heterocycles. The maximum absolute atomic E-state index is 12.2. The van der Waals surface area contributed by atoms with Crippen LogP contribution in [0.1, 0.15) is 181 Å². The summed E-state index contributed by atoms with van der Waals surface area (Å²) in [6.07, 6.45) is 49.9. The average molecular weight is 671 g/mol. The number of aliphatic hydroxyl groups is 1. The molecule has 1 atom stereocenters. The molecule has 0 fully saturated rings. The second-order valence-corrected chi connectivity index (χ2v) is 13.0. The number of carbonyl (C=O) groups excluding carboxylic acids is 2. The van der Waals surface area contributed by atoms with E-state index in [1.165, 1.54) is 77.0 Å². The van der Waals surface area contributed by atoms with Gasteiger partial charge in [-0.3, -0.25) is 9.59 Å². The normalized spacial score (nSPS) is 12.8. The molecule has 0 spiro atoms. The van der Waals surface area contributed by atoms with Crippen molar-refractivity contribution in [3.63, 3.8) is 0 Å². The molecule has 0 aromatic rings. The molecule has 0 bridgehead atoms. The van der Waals surface area contributed by atoms with E-state index in [1.54, 1.807) is 0 Å². The van der Waals surface area contributed by atoms with Crippen LogP contribution in [0.5, 0.6) is 0 Å². The van der Waals surface area contributed by atoms with Gasteiger partial charge in [-0.05, 0) is 57.8 Å². The molecule has 0 aromatic heterocycles. The van der Waals surface area contributed by atoms with E-state index < -0.39 is 6.10 Å². The summed E-state index contributed by atoms with van der Waals surface area (Å²) in [7, 11) is 0. The number of allylic oxidation sites excluding steroid dienone is 10. The SMILES string of the molecule is CCC=CCC=CCC=CCC=CCC=CCCCCCC(=O)OCC(CO)OC(=O)CCCCCCCCCCCCCCCCC. The number of carbonyl (C=O) groups is 2. The summed E-state index contributed by atoms with van der Waals surface area (Å²) in [4.78, 5) is 24.2. The van der Waals surface area contributed by atoms with Crippen molar-refractivity contribution in [2.45, 2.75) is 187 Å². The minimum absolute atomic E-state index is 0.0834. The van der Waals surface area contributed by atoms with Gasteiger partial charge in [-0.25, -0.2) is 0 Å². The van der Waals surface area contributed by atoms with Crippen LogP contribution in [0.4, 0.5) is 0 Å². The van der Waals surface area contributed by atoms with Crippen LogP contribution in [0.2, 0.25) is 0 Å². The highest BCUT2D eigenvalue weighted by atomic mass is 16.6. The van der Waals surface area contributed by atoms with E-state index in [9.17, 15) is 14.7 Å². The van der Waals surface area contributed by atoms with E-state index in [4.69, 9.17) is 9.47 Å². The first-order valence-electron chi connectivity index (χ1n) is 19.8. The Labute approximate surface area is 296 Å². The fraction of sp³-hybridized carbons (Fsp3) is 0.721. The van der Waals surface area contributed by atoms with Crippen molar-refractivity contribution in [1.82, 2.24) is 0 Å². The summed E-state index contributed by atoms with van der Waals surface area (Å²) < 4.78 is 10.6. The van der Waals surface area contributed by atoms with Crippen molar-refractivity contribution in [2.75, 3.05) is 13.2 Å². The third-order valence-electron chi connectivity index (χ3n) is 8.33. The van der Waals surface area contributed by atoms with Gasteiger partial charge in [0.1, 0.15) is 6.61 Å². The maximum atomic E-state index is 12.2. The smallest absolute Gasteiger partial charge is 0.306 e.